The van der Waals surface area contributed by atoms with Gasteiger partial charge in [0.2, 0.25) is 0 Å². The van der Waals surface area contributed by atoms with Crippen LogP contribution in [0.25, 0.3) is 0 Å². The quantitative estimate of drug-likeness (QED) is 0.450. The van der Waals surface area contributed by atoms with E-state index in [1.165, 1.54) is 0 Å². The number of rotatable bonds is 2. The zero-order chi connectivity index (χ0) is 10.6. The van der Waals surface area contributed by atoms with Crippen molar-refractivity contribution in [3.63, 3.8) is 0 Å². The second kappa shape index (κ2) is 5.20. The van der Waals surface area contributed by atoms with E-state index in [1.807, 2.05) is 0 Å². The highest BCUT2D eigenvalue weighted by Crippen LogP contribution is 2.12. The summed E-state index contributed by atoms with van der Waals surface area (Å²) in [4.78, 5) is 2.49. The number of hydrogen-bond acceptors (Lipinski definition) is 2. The molecule has 14 heavy (non-hydrogen) atoms. The van der Waals surface area contributed by atoms with Crippen LogP contribution in [0.15, 0.2) is 0 Å². The third-order valence-corrected chi connectivity index (χ3v) is 2.86. The van der Waals surface area contributed by atoms with Crippen LogP contribution < -0.4 is 10.6 Å². The van der Waals surface area contributed by atoms with Gasteiger partial charge in [-0.25, -0.2) is 0 Å². The molecule has 1 aliphatic heterocycles. The Balaban J connectivity index is 2.25. The van der Waals surface area contributed by atoms with Crippen LogP contribution in [0.4, 0.5) is 0 Å². The molecule has 1 aliphatic rings. The van der Waals surface area contributed by atoms with E-state index in [9.17, 15) is 0 Å². The average molecular weight is 198 g/mol. The van der Waals surface area contributed by atoms with Crippen LogP contribution in [0, 0.1) is 5.41 Å². The van der Waals surface area contributed by atoms with Gasteiger partial charge in [0.05, 0.1) is 0 Å². The smallest absolute Gasteiger partial charge is 0.188 e. The van der Waals surface area contributed by atoms with Crippen molar-refractivity contribution in [3.8, 4) is 0 Å². The van der Waals surface area contributed by atoms with Crippen molar-refractivity contribution in [2.75, 3.05) is 20.1 Å². The maximum Gasteiger partial charge on any atom is 0.188 e. The van der Waals surface area contributed by atoms with Gasteiger partial charge in [-0.1, -0.05) is 0 Å². The maximum atomic E-state index is 7.47. The first-order valence-electron chi connectivity index (χ1n) is 5.40. The molecule has 0 aromatic heterocycles. The minimum Gasteiger partial charge on any atom is -0.360 e. The lowest BCUT2D eigenvalue weighted by Crippen LogP contribution is -2.48. The van der Waals surface area contributed by atoms with Gasteiger partial charge in [-0.05, 0) is 26.7 Å². The first-order chi connectivity index (χ1) is 6.63. The van der Waals surface area contributed by atoms with Crippen molar-refractivity contribution >= 4 is 5.96 Å². The lowest BCUT2D eigenvalue weighted by atomic mass is 10.0. The topological polar surface area (TPSA) is 51.2 Å². The fourth-order valence-corrected chi connectivity index (χ4v) is 1.84. The maximum absolute atomic E-state index is 7.47. The molecule has 4 nitrogen and oxygen atoms in total. The lowest BCUT2D eigenvalue weighted by molar-refractivity contribution is 0.167. The van der Waals surface area contributed by atoms with Gasteiger partial charge < -0.3 is 15.5 Å². The van der Waals surface area contributed by atoms with Crippen molar-refractivity contribution in [3.05, 3.63) is 0 Å². The number of nitrogens with one attached hydrogen (secondary N) is 3. The molecule has 0 spiro atoms. The molecule has 1 saturated heterocycles. The summed E-state index contributed by atoms with van der Waals surface area (Å²) in [7, 11) is 1.78. The van der Waals surface area contributed by atoms with Crippen LogP contribution in [-0.4, -0.2) is 43.1 Å². The molecular formula is C10H22N4. The zero-order valence-electron chi connectivity index (χ0n) is 9.43. The summed E-state index contributed by atoms with van der Waals surface area (Å²) in [6, 6.07) is 1.13. The molecule has 0 aliphatic carbocycles. The molecule has 0 aromatic carbocycles. The van der Waals surface area contributed by atoms with E-state index in [0.29, 0.717) is 18.0 Å². The predicted octanol–water partition coefficient (Wildman–Crippen LogP) is 0.603. The van der Waals surface area contributed by atoms with Crippen LogP contribution in [0.1, 0.15) is 26.7 Å². The van der Waals surface area contributed by atoms with E-state index >= 15 is 0 Å². The van der Waals surface area contributed by atoms with E-state index in [1.54, 1.807) is 7.05 Å². The van der Waals surface area contributed by atoms with Crippen molar-refractivity contribution in [2.24, 2.45) is 0 Å². The number of hydrogen-bond donors (Lipinski definition) is 3. The summed E-state index contributed by atoms with van der Waals surface area (Å²) in [6.07, 6.45) is 2.28. The Morgan fingerprint density at radius 1 is 1.36 bits per heavy atom. The minimum absolute atomic E-state index is 0.438. The highest BCUT2D eigenvalue weighted by atomic mass is 15.2. The minimum atomic E-state index is 0.438. The molecule has 1 rings (SSSR count). The van der Waals surface area contributed by atoms with Crippen molar-refractivity contribution < 1.29 is 0 Å². The number of piperidine rings is 1. The number of likely N-dealkylation sites (tertiary alicyclic amines) is 1. The Labute approximate surface area is 86.6 Å². The van der Waals surface area contributed by atoms with Gasteiger partial charge >= 0.3 is 0 Å². The highest BCUT2D eigenvalue weighted by molar-refractivity contribution is 5.76. The molecule has 1 fully saturated rings. The summed E-state index contributed by atoms with van der Waals surface area (Å²) < 4.78 is 0. The zero-order valence-corrected chi connectivity index (χ0v) is 9.43. The molecule has 0 atom stereocenters. The lowest BCUT2D eigenvalue weighted by Gasteiger charge is -2.35. The molecule has 0 unspecified atom stereocenters. The summed E-state index contributed by atoms with van der Waals surface area (Å²) in [5, 5.41) is 13.5. The summed E-state index contributed by atoms with van der Waals surface area (Å²) in [6.45, 7) is 6.77. The largest absolute Gasteiger partial charge is 0.360 e. The first-order valence-corrected chi connectivity index (χ1v) is 5.40. The van der Waals surface area contributed by atoms with Gasteiger partial charge in [0, 0.05) is 32.2 Å². The molecule has 1 heterocycles. The molecule has 0 saturated carbocycles. The Kier molecular flexibility index (Phi) is 4.20. The number of nitrogens with zero attached hydrogens (tertiary/aromatic N) is 1. The van der Waals surface area contributed by atoms with Crippen LogP contribution in [0.5, 0.6) is 0 Å². The van der Waals surface area contributed by atoms with E-state index in [2.05, 4.69) is 29.4 Å². The standard InChI is InChI=1S/C10H22N4/c1-8(2)14-6-4-9(5-7-14)13-10(11)12-3/h8-9H,4-7H2,1-3H3,(H3,11,12,13). The summed E-state index contributed by atoms with van der Waals surface area (Å²) >= 11 is 0. The predicted molar refractivity (Wildman–Crippen MR) is 59.7 cm³/mol. The molecule has 3 N–H and O–H groups in total. The molecule has 0 amide bonds. The second-order valence-electron chi connectivity index (χ2n) is 4.17. The normalized spacial score (nSPS) is 19.7. The van der Waals surface area contributed by atoms with Crippen LogP contribution >= 0.6 is 0 Å². The molecule has 0 bridgehead atoms. The SMILES string of the molecule is CNC(=N)NC1CCN(C(C)C)CC1. The fraction of sp³-hybridized carbons (Fsp3) is 0.900. The van der Waals surface area contributed by atoms with Gasteiger partial charge in [-0.3, -0.25) is 5.41 Å². The second-order valence-corrected chi connectivity index (χ2v) is 4.17. The van der Waals surface area contributed by atoms with Gasteiger partial charge in [0.15, 0.2) is 5.96 Å². The average Bonchev–Trinajstić information content (AvgIpc) is 2.18. The third kappa shape index (κ3) is 3.18. The Bertz CT molecular complexity index is 183. The van der Waals surface area contributed by atoms with Crippen molar-refractivity contribution in [1.29, 1.82) is 5.41 Å². The first kappa shape index (κ1) is 11.3. The van der Waals surface area contributed by atoms with Gasteiger partial charge in [0.1, 0.15) is 0 Å². The number of guanidine groups is 1. The van der Waals surface area contributed by atoms with E-state index in [-0.39, 0.29) is 0 Å². The third-order valence-electron chi connectivity index (χ3n) is 2.86. The highest BCUT2D eigenvalue weighted by Gasteiger charge is 2.20. The van der Waals surface area contributed by atoms with Crippen molar-refractivity contribution in [2.45, 2.75) is 38.8 Å². The summed E-state index contributed by atoms with van der Waals surface area (Å²) in [5.41, 5.74) is 0. The van der Waals surface area contributed by atoms with Crippen LogP contribution in [0.3, 0.4) is 0 Å². The molecule has 82 valence electrons. The van der Waals surface area contributed by atoms with Gasteiger partial charge in [-0.15, -0.1) is 0 Å². The monoisotopic (exact) mass is 198 g/mol. The van der Waals surface area contributed by atoms with Crippen molar-refractivity contribution in [1.82, 2.24) is 15.5 Å². The molecule has 0 radical (unpaired) electrons. The summed E-state index contributed by atoms with van der Waals surface area (Å²) in [5.74, 6) is 0.438. The molecule has 0 aromatic rings. The molecule has 4 heteroatoms. The molecular weight excluding hydrogens is 176 g/mol. The Morgan fingerprint density at radius 2 is 1.93 bits per heavy atom. The van der Waals surface area contributed by atoms with Crippen LogP contribution in [0.2, 0.25) is 0 Å². The van der Waals surface area contributed by atoms with Crippen LogP contribution in [-0.2, 0) is 0 Å². The Morgan fingerprint density at radius 3 is 2.36 bits per heavy atom. The Hall–Kier alpha value is -0.770. The van der Waals surface area contributed by atoms with Gasteiger partial charge in [0.25, 0.3) is 0 Å². The van der Waals surface area contributed by atoms with E-state index < -0.39 is 0 Å². The van der Waals surface area contributed by atoms with Gasteiger partial charge in [-0.2, -0.15) is 0 Å². The van der Waals surface area contributed by atoms with E-state index in [0.717, 1.165) is 25.9 Å². The fourth-order valence-electron chi connectivity index (χ4n) is 1.84. The van der Waals surface area contributed by atoms with E-state index in [4.69, 9.17) is 5.41 Å².